The Labute approximate surface area is 147 Å². The Bertz CT molecular complexity index is 916. The maximum atomic E-state index is 13.6. The van der Waals surface area contributed by atoms with Gasteiger partial charge in [0, 0.05) is 23.0 Å². The van der Waals surface area contributed by atoms with Crippen LogP contribution >= 0.6 is 11.6 Å². The lowest BCUT2D eigenvalue weighted by Crippen LogP contribution is -2.13. The second kappa shape index (κ2) is 7.27. The van der Waals surface area contributed by atoms with Gasteiger partial charge in [-0.3, -0.25) is 9.78 Å². The molecule has 0 bridgehead atoms. The summed E-state index contributed by atoms with van der Waals surface area (Å²) in [4.78, 5) is 16.2. The summed E-state index contributed by atoms with van der Waals surface area (Å²) in [6.07, 6.45) is 2.90. The van der Waals surface area contributed by atoms with Gasteiger partial charge in [0.25, 0.3) is 5.91 Å². The summed E-state index contributed by atoms with van der Waals surface area (Å²) in [6.45, 7) is 0. The molecule has 2 aromatic carbocycles. The van der Waals surface area contributed by atoms with Crippen LogP contribution in [0.25, 0.3) is 0 Å². The first-order chi connectivity index (χ1) is 12.0. The van der Waals surface area contributed by atoms with Gasteiger partial charge in [0.15, 0.2) is 0 Å². The number of hydrogen-bond acceptors (Lipinski definition) is 3. The number of hydrogen-bond donors (Lipinski definition) is 2. The monoisotopic (exact) mass is 359 g/mol. The average Bonchev–Trinajstić information content (AvgIpc) is 2.60. The molecule has 1 aromatic heterocycles. The van der Waals surface area contributed by atoms with E-state index in [9.17, 15) is 13.6 Å². The highest BCUT2D eigenvalue weighted by molar-refractivity contribution is 6.30. The van der Waals surface area contributed by atoms with Crippen LogP contribution in [-0.2, 0) is 0 Å². The number of aromatic nitrogens is 1. The van der Waals surface area contributed by atoms with Gasteiger partial charge in [0.05, 0.1) is 23.1 Å². The minimum absolute atomic E-state index is 0.109. The van der Waals surface area contributed by atoms with Crippen LogP contribution in [0.5, 0.6) is 0 Å². The van der Waals surface area contributed by atoms with Gasteiger partial charge in [-0.1, -0.05) is 11.6 Å². The predicted molar refractivity (Wildman–Crippen MR) is 93.3 cm³/mol. The summed E-state index contributed by atoms with van der Waals surface area (Å²) in [7, 11) is 0. The first kappa shape index (κ1) is 16.9. The van der Waals surface area contributed by atoms with Gasteiger partial charge in [-0.05, 0) is 42.5 Å². The van der Waals surface area contributed by atoms with Crippen molar-refractivity contribution in [2.24, 2.45) is 0 Å². The molecule has 3 aromatic rings. The summed E-state index contributed by atoms with van der Waals surface area (Å²) in [6, 6.07) is 11.5. The van der Waals surface area contributed by atoms with E-state index in [1.165, 1.54) is 6.20 Å². The van der Waals surface area contributed by atoms with E-state index in [2.05, 4.69) is 15.6 Å². The van der Waals surface area contributed by atoms with Gasteiger partial charge in [0.1, 0.15) is 11.6 Å². The van der Waals surface area contributed by atoms with Crippen LogP contribution < -0.4 is 10.6 Å². The molecule has 7 heteroatoms. The molecule has 0 fully saturated rings. The molecule has 1 heterocycles. The van der Waals surface area contributed by atoms with Crippen molar-refractivity contribution < 1.29 is 13.6 Å². The lowest BCUT2D eigenvalue weighted by atomic mass is 10.2. The van der Waals surface area contributed by atoms with Crippen molar-refractivity contribution in [3.63, 3.8) is 0 Å². The minimum Gasteiger partial charge on any atom is -0.354 e. The third kappa shape index (κ3) is 4.30. The molecule has 2 N–H and O–H groups in total. The highest BCUT2D eigenvalue weighted by Gasteiger charge is 2.11. The van der Waals surface area contributed by atoms with Gasteiger partial charge in [-0.25, -0.2) is 8.78 Å². The number of carbonyl (C=O) groups excluding carboxylic acids is 1. The number of pyridine rings is 1. The van der Waals surface area contributed by atoms with E-state index in [0.717, 1.165) is 17.8 Å². The van der Waals surface area contributed by atoms with Crippen LogP contribution in [0.2, 0.25) is 5.02 Å². The molecular weight excluding hydrogens is 348 g/mol. The number of halogens is 3. The molecule has 25 heavy (non-hydrogen) atoms. The van der Waals surface area contributed by atoms with E-state index in [1.54, 1.807) is 36.5 Å². The molecule has 0 aliphatic rings. The molecule has 0 unspecified atom stereocenters. The minimum atomic E-state index is -0.850. The second-order valence-electron chi connectivity index (χ2n) is 5.17. The fraction of sp³-hybridized carbons (Fsp3) is 0. The maximum absolute atomic E-state index is 13.6. The Morgan fingerprint density at radius 2 is 1.72 bits per heavy atom. The third-order valence-electron chi connectivity index (χ3n) is 3.31. The maximum Gasteiger partial charge on any atom is 0.257 e. The van der Waals surface area contributed by atoms with Crippen molar-refractivity contribution in [1.82, 2.24) is 4.98 Å². The van der Waals surface area contributed by atoms with E-state index >= 15 is 0 Å². The number of rotatable bonds is 4. The molecular formula is C18H12ClF2N3O. The molecule has 0 spiro atoms. The smallest absolute Gasteiger partial charge is 0.257 e. The summed E-state index contributed by atoms with van der Waals surface area (Å²) in [5, 5.41) is 6.08. The summed E-state index contributed by atoms with van der Waals surface area (Å²) in [5.41, 5.74) is 1.47. The average molecular weight is 360 g/mol. The van der Waals surface area contributed by atoms with E-state index in [4.69, 9.17) is 11.6 Å². The van der Waals surface area contributed by atoms with Crippen LogP contribution in [0, 0.1) is 11.6 Å². The SMILES string of the molecule is O=C(Nc1ccc(F)cc1F)c1cncc(Nc2ccc(Cl)cc2)c1. The first-order valence-electron chi connectivity index (χ1n) is 7.25. The fourth-order valence-corrected chi connectivity index (χ4v) is 2.24. The Morgan fingerprint density at radius 1 is 0.960 bits per heavy atom. The summed E-state index contributed by atoms with van der Waals surface area (Å²) >= 11 is 5.83. The molecule has 0 aliphatic carbocycles. The van der Waals surface area contributed by atoms with Gasteiger partial charge < -0.3 is 10.6 Å². The summed E-state index contributed by atoms with van der Waals surface area (Å²) in [5.74, 6) is -2.12. The zero-order valence-electron chi connectivity index (χ0n) is 12.8. The Morgan fingerprint density at radius 3 is 2.44 bits per heavy atom. The highest BCUT2D eigenvalue weighted by atomic mass is 35.5. The Balaban J connectivity index is 1.76. The van der Waals surface area contributed by atoms with Gasteiger partial charge >= 0.3 is 0 Å². The van der Waals surface area contributed by atoms with Crippen molar-refractivity contribution >= 4 is 34.6 Å². The van der Waals surface area contributed by atoms with Crippen molar-refractivity contribution in [1.29, 1.82) is 0 Å². The van der Waals surface area contributed by atoms with E-state index in [-0.39, 0.29) is 11.3 Å². The van der Waals surface area contributed by atoms with Crippen molar-refractivity contribution in [3.8, 4) is 0 Å². The van der Waals surface area contributed by atoms with Crippen LogP contribution in [0.4, 0.5) is 25.8 Å². The quantitative estimate of drug-likeness (QED) is 0.688. The van der Waals surface area contributed by atoms with E-state index < -0.39 is 17.5 Å². The largest absolute Gasteiger partial charge is 0.354 e. The Kier molecular flexibility index (Phi) is 4.90. The number of anilines is 3. The lowest BCUT2D eigenvalue weighted by molar-refractivity contribution is 0.102. The van der Waals surface area contributed by atoms with Crippen molar-refractivity contribution in [2.45, 2.75) is 0 Å². The number of amides is 1. The molecule has 0 saturated carbocycles. The number of carbonyl (C=O) groups is 1. The number of nitrogens with one attached hydrogen (secondary N) is 2. The molecule has 0 atom stereocenters. The zero-order valence-corrected chi connectivity index (χ0v) is 13.5. The topological polar surface area (TPSA) is 54.0 Å². The summed E-state index contributed by atoms with van der Waals surface area (Å²) < 4.78 is 26.5. The standard InChI is InChI=1S/C18H12ClF2N3O/c19-12-1-4-14(5-2-12)23-15-7-11(9-22-10-15)18(25)24-17-6-3-13(20)8-16(17)21/h1-10,23H,(H,24,25). The van der Waals surface area contributed by atoms with Crippen molar-refractivity contribution in [3.05, 3.63) is 83.1 Å². The number of benzene rings is 2. The highest BCUT2D eigenvalue weighted by Crippen LogP contribution is 2.20. The third-order valence-corrected chi connectivity index (χ3v) is 3.56. The second-order valence-corrected chi connectivity index (χ2v) is 5.61. The lowest BCUT2D eigenvalue weighted by Gasteiger charge is -2.09. The van der Waals surface area contributed by atoms with Crippen LogP contribution in [0.3, 0.4) is 0 Å². The fourth-order valence-electron chi connectivity index (χ4n) is 2.12. The van der Waals surface area contributed by atoms with Crippen molar-refractivity contribution in [2.75, 3.05) is 10.6 Å². The van der Waals surface area contributed by atoms with Gasteiger partial charge in [-0.15, -0.1) is 0 Å². The molecule has 0 saturated heterocycles. The molecule has 1 amide bonds. The Hall–Kier alpha value is -2.99. The molecule has 126 valence electrons. The predicted octanol–water partition coefficient (Wildman–Crippen LogP) is 5.01. The van der Waals surface area contributed by atoms with E-state index in [1.807, 2.05) is 0 Å². The van der Waals surface area contributed by atoms with Crippen LogP contribution in [0.15, 0.2) is 60.9 Å². The molecule has 4 nitrogen and oxygen atoms in total. The van der Waals surface area contributed by atoms with Gasteiger partial charge in [-0.2, -0.15) is 0 Å². The zero-order chi connectivity index (χ0) is 17.8. The van der Waals surface area contributed by atoms with Gasteiger partial charge in [0.2, 0.25) is 0 Å². The van der Waals surface area contributed by atoms with Crippen LogP contribution in [-0.4, -0.2) is 10.9 Å². The number of nitrogens with zero attached hydrogens (tertiary/aromatic N) is 1. The molecule has 0 radical (unpaired) electrons. The molecule has 0 aliphatic heterocycles. The van der Waals surface area contributed by atoms with Crippen LogP contribution in [0.1, 0.15) is 10.4 Å². The molecule has 3 rings (SSSR count). The van der Waals surface area contributed by atoms with E-state index in [0.29, 0.717) is 16.8 Å². The normalized spacial score (nSPS) is 10.4. The first-order valence-corrected chi connectivity index (χ1v) is 7.63.